The van der Waals surface area contributed by atoms with Gasteiger partial charge in [0.15, 0.2) is 0 Å². The Morgan fingerprint density at radius 3 is 2.50 bits per heavy atom. The van der Waals surface area contributed by atoms with E-state index in [1.807, 2.05) is 7.11 Å². The van der Waals surface area contributed by atoms with Crippen LogP contribution in [0.4, 0.5) is 0 Å². The fraction of sp³-hybridized carbons (Fsp3) is 0.667. The van der Waals surface area contributed by atoms with E-state index in [0.717, 1.165) is 6.54 Å². The first-order chi connectivity index (χ1) is 9.85. The molecular formula is C18H27NO. The summed E-state index contributed by atoms with van der Waals surface area (Å²) in [5.41, 5.74) is 1.80. The number of hydrogen-bond acceptors (Lipinski definition) is 2. The molecule has 1 saturated carbocycles. The third kappa shape index (κ3) is 2.64. The van der Waals surface area contributed by atoms with Crippen LogP contribution in [0.15, 0.2) is 30.3 Å². The average molecular weight is 273 g/mol. The molecule has 1 saturated heterocycles. The molecule has 2 aliphatic rings. The van der Waals surface area contributed by atoms with Crippen LogP contribution in [0.2, 0.25) is 0 Å². The van der Waals surface area contributed by atoms with Crippen LogP contribution < -0.4 is 0 Å². The van der Waals surface area contributed by atoms with E-state index < -0.39 is 0 Å². The summed E-state index contributed by atoms with van der Waals surface area (Å²) in [6.07, 6.45) is 9.67. The van der Waals surface area contributed by atoms with Gasteiger partial charge < -0.3 is 4.74 Å². The van der Waals surface area contributed by atoms with Gasteiger partial charge in [0.2, 0.25) is 0 Å². The van der Waals surface area contributed by atoms with Crippen LogP contribution in [0.1, 0.15) is 50.5 Å². The van der Waals surface area contributed by atoms with Crippen LogP contribution >= 0.6 is 0 Å². The predicted molar refractivity (Wildman–Crippen MR) is 82.8 cm³/mol. The minimum Gasteiger partial charge on any atom is -0.380 e. The van der Waals surface area contributed by atoms with Crippen LogP contribution in [-0.2, 0) is 10.3 Å². The van der Waals surface area contributed by atoms with Crippen LogP contribution in [0.3, 0.4) is 0 Å². The lowest BCUT2D eigenvalue weighted by Gasteiger charge is -2.50. The SMILES string of the molecule is COC1CCCN(C2(c3ccccc3)CCCCC2)C1. The fourth-order valence-electron chi connectivity index (χ4n) is 4.19. The van der Waals surface area contributed by atoms with Gasteiger partial charge in [0, 0.05) is 19.2 Å². The highest BCUT2D eigenvalue weighted by Gasteiger charge is 2.41. The Morgan fingerprint density at radius 1 is 1.05 bits per heavy atom. The zero-order chi connectivity index (χ0) is 13.8. The van der Waals surface area contributed by atoms with Crippen LogP contribution in [-0.4, -0.2) is 31.2 Å². The number of nitrogens with zero attached hydrogens (tertiary/aromatic N) is 1. The molecule has 0 bridgehead atoms. The second-order valence-corrected chi connectivity index (χ2v) is 6.40. The molecule has 20 heavy (non-hydrogen) atoms. The molecule has 2 heteroatoms. The number of likely N-dealkylation sites (tertiary alicyclic amines) is 1. The van der Waals surface area contributed by atoms with Crippen molar-refractivity contribution >= 4 is 0 Å². The topological polar surface area (TPSA) is 12.5 Å². The van der Waals surface area contributed by atoms with Gasteiger partial charge in [-0.15, -0.1) is 0 Å². The lowest BCUT2D eigenvalue weighted by atomic mass is 9.74. The third-order valence-corrected chi connectivity index (χ3v) is 5.31. The Hall–Kier alpha value is -0.860. The third-order valence-electron chi connectivity index (χ3n) is 5.31. The molecular weight excluding hydrogens is 246 g/mol. The van der Waals surface area contributed by atoms with Crippen LogP contribution in [0, 0.1) is 0 Å². The van der Waals surface area contributed by atoms with E-state index in [9.17, 15) is 0 Å². The molecule has 1 atom stereocenters. The molecule has 1 aliphatic carbocycles. The van der Waals surface area contributed by atoms with Gasteiger partial charge in [0.25, 0.3) is 0 Å². The van der Waals surface area contributed by atoms with Crippen molar-refractivity contribution in [2.24, 2.45) is 0 Å². The number of methoxy groups -OCH3 is 1. The Balaban J connectivity index is 1.89. The van der Waals surface area contributed by atoms with Crippen molar-refractivity contribution in [1.29, 1.82) is 0 Å². The van der Waals surface area contributed by atoms with Gasteiger partial charge in [-0.05, 0) is 37.8 Å². The molecule has 0 N–H and O–H groups in total. The highest BCUT2D eigenvalue weighted by Crippen LogP contribution is 2.43. The van der Waals surface area contributed by atoms with Crippen molar-refractivity contribution < 1.29 is 4.74 Å². The second-order valence-electron chi connectivity index (χ2n) is 6.40. The van der Waals surface area contributed by atoms with Gasteiger partial charge >= 0.3 is 0 Å². The van der Waals surface area contributed by atoms with E-state index in [1.165, 1.54) is 57.1 Å². The van der Waals surface area contributed by atoms with Crippen molar-refractivity contribution in [2.75, 3.05) is 20.2 Å². The molecule has 0 amide bonds. The van der Waals surface area contributed by atoms with E-state index in [-0.39, 0.29) is 5.54 Å². The van der Waals surface area contributed by atoms with Crippen molar-refractivity contribution in [1.82, 2.24) is 4.90 Å². The van der Waals surface area contributed by atoms with E-state index in [1.54, 1.807) is 0 Å². The lowest BCUT2D eigenvalue weighted by Crippen LogP contribution is -2.53. The number of benzene rings is 1. The van der Waals surface area contributed by atoms with E-state index >= 15 is 0 Å². The summed E-state index contributed by atoms with van der Waals surface area (Å²) < 4.78 is 5.65. The molecule has 1 aromatic carbocycles. The largest absolute Gasteiger partial charge is 0.380 e. The van der Waals surface area contributed by atoms with Gasteiger partial charge in [-0.2, -0.15) is 0 Å². The Morgan fingerprint density at radius 2 is 1.80 bits per heavy atom. The lowest BCUT2D eigenvalue weighted by molar-refractivity contribution is -0.0367. The highest BCUT2D eigenvalue weighted by molar-refractivity contribution is 5.25. The smallest absolute Gasteiger partial charge is 0.0699 e. The van der Waals surface area contributed by atoms with Gasteiger partial charge in [0.1, 0.15) is 0 Å². The van der Waals surface area contributed by atoms with Crippen LogP contribution in [0.25, 0.3) is 0 Å². The van der Waals surface area contributed by atoms with E-state index in [4.69, 9.17) is 4.74 Å². The minimum atomic E-state index is 0.275. The number of piperidine rings is 1. The first-order valence-electron chi connectivity index (χ1n) is 8.18. The molecule has 2 nitrogen and oxygen atoms in total. The van der Waals surface area contributed by atoms with Gasteiger partial charge in [-0.25, -0.2) is 0 Å². The quantitative estimate of drug-likeness (QED) is 0.826. The zero-order valence-electron chi connectivity index (χ0n) is 12.7. The predicted octanol–water partition coefficient (Wildman–Crippen LogP) is 3.96. The van der Waals surface area contributed by atoms with Crippen molar-refractivity contribution in [3.63, 3.8) is 0 Å². The Labute approximate surface area is 123 Å². The first kappa shape index (κ1) is 14.1. The Kier molecular flexibility index (Phi) is 4.42. The maximum atomic E-state index is 5.65. The number of rotatable bonds is 3. The highest BCUT2D eigenvalue weighted by atomic mass is 16.5. The molecule has 110 valence electrons. The fourth-order valence-corrected chi connectivity index (χ4v) is 4.19. The summed E-state index contributed by atoms with van der Waals surface area (Å²) in [5, 5.41) is 0. The van der Waals surface area contributed by atoms with E-state index in [2.05, 4.69) is 35.2 Å². The van der Waals surface area contributed by atoms with Gasteiger partial charge in [-0.1, -0.05) is 49.6 Å². The summed E-state index contributed by atoms with van der Waals surface area (Å²) in [5.74, 6) is 0. The normalized spacial score (nSPS) is 27.4. The summed E-state index contributed by atoms with van der Waals surface area (Å²) in [6, 6.07) is 11.2. The van der Waals surface area contributed by atoms with Gasteiger partial charge in [0.05, 0.1) is 6.10 Å². The first-order valence-corrected chi connectivity index (χ1v) is 8.18. The van der Waals surface area contributed by atoms with Gasteiger partial charge in [-0.3, -0.25) is 4.90 Å². The minimum absolute atomic E-state index is 0.275. The van der Waals surface area contributed by atoms with E-state index in [0.29, 0.717) is 6.10 Å². The maximum absolute atomic E-state index is 5.65. The molecule has 2 fully saturated rings. The monoisotopic (exact) mass is 273 g/mol. The standard InChI is InChI=1S/C18H27NO/c1-20-17-11-8-14-19(15-17)18(12-6-3-7-13-18)16-9-4-2-5-10-16/h2,4-5,9-10,17H,3,6-8,11-15H2,1H3. The molecule has 0 spiro atoms. The van der Waals surface area contributed by atoms with Crippen molar-refractivity contribution in [2.45, 2.75) is 56.6 Å². The van der Waals surface area contributed by atoms with Crippen LogP contribution in [0.5, 0.6) is 0 Å². The number of ether oxygens (including phenoxy) is 1. The molecule has 0 aromatic heterocycles. The molecule has 1 heterocycles. The molecule has 1 aromatic rings. The van der Waals surface area contributed by atoms with Crippen molar-refractivity contribution in [3.8, 4) is 0 Å². The summed E-state index contributed by atoms with van der Waals surface area (Å²) >= 11 is 0. The maximum Gasteiger partial charge on any atom is 0.0699 e. The summed E-state index contributed by atoms with van der Waals surface area (Å²) in [7, 11) is 1.87. The average Bonchev–Trinajstić information content (AvgIpc) is 2.56. The summed E-state index contributed by atoms with van der Waals surface area (Å²) in [4.78, 5) is 2.74. The number of hydrogen-bond donors (Lipinski definition) is 0. The van der Waals surface area contributed by atoms with Crippen molar-refractivity contribution in [3.05, 3.63) is 35.9 Å². The Bertz CT molecular complexity index is 411. The zero-order valence-corrected chi connectivity index (χ0v) is 12.7. The molecule has 3 rings (SSSR count). The molecule has 1 aliphatic heterocycles. The molecule has 1 unspecified atom stereocenters. The molecule has 0 radical (unpaired) electrons. The summed E-state index contributed by atoms with van der Waals surface area (Å²) in [6.45, 7) is 2.33. The second kappa shape index (κ2) is 6.28.